The number of fused-ring (bicyclic) bond motifs is 1. The fourth-order valence-corrected chi connectivity index (χ4v) is 6.69. The van der Waals surface area contributed by atoms with E-state index in [0.717, 1.165) is 16.7 Å². The highest BCUT2D eigenvalue weighted by Crippen LogP contribution is 2.21. The molecule has 0 fully saturated rings. The summed E-state index contributed by atoms with van der Waals surface area (Å²) in [4.78, 5) is 82.3. The van der Waals surface area contributed by atoms with Gasteiger partial charge in [0.1, 0.15) is 29.9 Å². The summed E-state index contributed by atoms with van der Waals surface area (Å²) in [6.07, 6.45) is 0.703. The third-order valence-electron chi connectivity index (χ3n) is 10.3. The molecule has 0 saturated heterocycles. The lowest BCUT2D eigenvalue weighted by Crippen LogP contribution is -2.60. The molecule has 0 spiro atoms. The number of phenolic OH excluding ortho intramolecular Hbond substituents is 1. The number of nitrogens with two attached hydrogens (primary N) is 1. The smallest absolute Gasteiger partial charge is 0.326 e. The number of carboxylic acids is 1. The van der Waals surface area contributed by atoms with E-state index in [1.165, 1.54) is 17.0 Å². The standard InChI is InChI=1S/C42H54N6O8/c1-5-26(4)37(47-39(52)33(19-28-15-17-31(49)18-16-28)45-38(51)32(22-43)25(2)3)40(53)46-34-21-29-13-9-10-14-30(29)23-48(41(34)54)24-36(50)44-35(42(55)56)20-27-11-7-6-8-12-27/h6-18,25-26,32-35,37,49H,5,19-24,43H2,1-4H3,(H,44,50)(H,45,51)(H,46,53)(H,47,52)(H,55,56)/t26?,32-,33?,34?,35?,37-/m0/s1. The number of hydrogen-bond acceptors (Lipinski definition) is 8. The first-order valence-electron chi connectivity index (χ1n) is 19.0. The summed E-state index contributed by atoms with van der Waals surface area (Å²) >= 11 is 0. The van der Waals surface area contributed by atoms with E-state index in [2.05, 4.69) is 21.3 Å². The van der Waals surface area contributed by atoms with Crippen LogP contribution in [0.2, 0.25) is 0 Å². The van der Waals surface area contributed by atoms with Gasteiger partial charge in [0.25, 0.3) is 0 Å². The Balaban J connectivity index is 1.55. The van der Waals surface area contributed by atoms with Crippen LogP contribution < -0.4 is 27.0 Å². The van der Waals surface area contributed by atoms with Crippen LogP contribution in [0.4, 0.5) is 0 Å². The minimum Gasteiger partial charge on any atom is -0.508 e. The molecular weight excluding hydrogens is 716 g/mol. The molecule has 3 aromatic carbocycles. The maximum absolute atomic E-state index is 14.2. The Hall–Kier alpha value is -5.76. The number of benzene rings is 3. The molecule has 0 aliphatic carbocycles. The van der Waals surface area contributed by atoms with E-state index in [9.17, 15) is 39.0 Å². The molecule has 1 aliphatic heterocycles. The van der Waals surface area contributed by atoms with Gasteiger partial charge in [0.2, 0.25) is 29.5 Å². The first kappa shape index (κ1) is 43.0. The normalized spacial score (nSPS) is 16.6. The van der Waals surface area contributed by atoms with Crippen molar-refractivity contribution >= 4 is 35.5 Å². The fraction of sp³-hybridized carbons (Fsp3) is 0.429. The molecule has 4 unspecified atom stereocenters. The Morgan fingerprint density at radius 3 is 2.00 bits per heavy atom. The first-order valence-corrected chi connectivity index (χ1v) is 19.0. The molecule has 0 radical (unpaired) electrons. The summed E-state index contributed by atoms with van der Waals surface area (Å²) in [7, 11) is 0. The maximum atomic E-state index is 14.2. The third kappa shape index (κ3) is 11.9. The van der Waals surface area contributed by atoms with Gasteiger partial charge in [0.05, 0.1) is 12.5 Å². The molecule has 6 atom stereocenters. The molecule has 1 heterocycles. The van der Waals surface area contributed by atoms with Crippen molar-refractivity contribution in [1.82, 2.24) is 26.2 Å². The van der Waals surface area contributed by atoms with Crippen molar-refractivity contribution in [1.29, 1.82) is 0 Å². The van der Waals surface area contributed by atoms with Crippen LogP contribution in [0.25, 0.3) is 0 Å². The van der Waals surface area contributed by atoms with Gasteiger partial charge in [-0.05, 0) is 46.2 Å². The van der Waals surface area contributed by atoms with E-state index in [-0.39, 0.29) is 44.0 Å². The van der Waals surface area contributed by atoms with Crippen molar-refractivity contribution in [3.05, 3.63) is 101 Å². The minimum absolute atomic E-state index is 0.0395. The number of carbonyl (C=O) groups excluding carboxylic acids is 5. The van der Waals surface area contributed by atoms with Crippen molar-refractivity contribution in [3.63, 3.8) is 0 Å². The largest absolute Gasteiger partial charge is 0.508 e. The molecular formula is C42H54N6O8. The number of nitrogens with one attached hydrogen (secondary N) is 4. The van der Waals surface area contributed by atoms with Gasteiger partial charge < -0.3 is 42.1 Å². The lowest BCUT2D eigenvalue weighted by atomic mass is 9.93. The number of aromatic hydroxyl groups is 1. The molecule has 14 heteroatoms. The quantitative estimate of drug-likeness (QED) is 0.101. The average molecular weight is 771 g/mol. The monoisotopic (exact) mass is 770 g/mol. The van der Waals surface area contributed by atoms with Crippen molar-refractivity contribution < 1.29 is 39.0 Å². The van der Waals surface area contributed by atoms with Crippen LogP contribution in [-0.4, -0.2) is 87.9 Å². The molecule has 300 valence electrons. The molecule has 0 bridgehead atoms. The number of phenols is 1. The summed E-state index contributed by atoms with van der Waals surface area (Å²) in [6.45, 7) is 7.02. The van der Waals surface area contributed by atoms with E-state index in [1.807, 2.05) is 39.0 Å². The Morgan fingerprint density at radius 2 is 1.39 bits per heavy atom. The van der Waals surface area contributed by atoms with Crippen molar-refractivity contribution in [2.45, 2.75) is 84.1 Å². The van der Waals surface area contributed by atoms with Gasteiger partial charge in [0, 0.05) is 32.4 Å². The van der Waals surface area contributed by atoms with Gasteiger partial charge in [-0.3, -0.25) is 24.0 Å². The zero-order valence-electron chi connectivity index (χ0n) is 32.4. The summed E-state index contributed by atoms with van der Waals surface area (Å²) in [5, 5.41) is 30.7. The van der Waals surface area contributed by atoms with Gasteiger partial charge in [-0.25, -0.2) is 4.79 Å². The second-order valence-electron chi connectivity index (χ2n) is 14.8. The number of nitrogens with zero attached hydrogens (tertiary/aromatic N) is 1. The van der Waals surface area contributed by atoms with Crippen LogP contribution in [-0.2, 0) is 54.6 Å². The van der Waals surface area contributed by atoms with E-state index < -0.39 is 78.1 Å². The summed E-state index contributed by atoms with van der Waals surface area (Å²) in [6, 6.07) is 17.8. The Kier molecular flexibility index (Phi) is 15.5. The molecule has 56 heavy (non-hydrogen) atoms. The van der Waals surface area contributed by atoms with Crippen LogP contribution in [0.3, 0.4) is 0 Å². The lowest BCUT2D eigenvalue weighted by Gasteiger charge is -2.30. The van der Waals surface area contributed by atoms with E-state index in [0.29, 0.717) is 12.0 Å². The van der Waals surface area contributed by atoms with Gasteiger partial charge in [-0.1, -0.05) is 101 Å². The van der Waals surface area contributed by atoms with Gasteiger partial charge >= 0.3 is 5.97 Å². The molecule has 14 nitrogen and oxygen atoms in total. The highest BCUT2D eigenvalue weighted by molar-refractivity contribution is 5.96. The highest BCUT2D eigenvalue weighted by atomic mass is 16.4. The second kappa shape index (κ2) is 20.2. The van der Waals surface area contributed by atoms with Crippen LogP contribution in [0.5, 0.6) is 5.75 Å². The van der Waals surface area contributed by atoms with Gasteiger partial charge in [-0.2, -0.15) is 0 Å². The van der Waals surface area contributed by atoms with E-state index >= 15 is 0 Å². The van der Waals surface area contributed by atoms with Crippen LogP contribution in [0.1, 0.15) is 56.4 Å². The number of rotatable bonds is 18. The van der Waals surface area contributed by atoms with Crippen LogP contribution in [0.15, 0.2) is 78.9 Å². The molecule has 4 rings (SSSR count). The second-order valence-corrected chi connectivity index (χ2v) is 14.8. The molecule has 0 aromatic heterocycles. The number of carboxylic acid groups (broad SMARTS) is 1. The summed E-state index contributed by atoms with van der Waals surface area (Å²) in [5.74, 6) is -5.12. The van der Waals surface area contributed by atoms with Crippen molar-refractivity contribution in [3.8, 4) is 5.75 Å². The van der Waals surface area contributed by atoms with Crippen molar-refractivity contribution in [2.75, 3.05) is 13.1 Å². The summed E-state index contributed by atoms with van der Waals surface area (Å²) in [5.41, 5.74) is 8.81. The van der Waals surface area contributed by atoms with Crippen LogP contribution in [0, 0.1) is 17.8 Å². The molecule has 1 aliphatic rings. The summed E-state index contributed by atoms with van der Waals surface area (Å²) < 4.78 is 0. The molecule has 0 saturated carbocycles. The highest BCUT2D eigenvalue weighted by Gasteiger charge is 2.37. The number of amides is 5. The number of carbonyl (C=O) groups is 6. The first-order chi connectivity index (χ1) is 26.7. The topological polar surface area (TPSA) is 220 Å². The predicted octanol–water partition coefficient (Wildman–Crippen LogP) is 2.06. The Morgan fingerprint density at radius 1 is 0.786 bits per heavy atom. The maximum Gasteiger partial charge on any atom is 0.326 e. The lowest BCUT2D eigenvalue weighted by molar-refractivity contribution is -0.143. The van der Waals surface area contributed by atoms with E-state index in [4.69, 9.17) is 5.73 Å². The number of aliphatic carboxylic acids is 1. The molecule has 5 amide bonds. The van der Waals surface area contributed by atoms with Gasteiger partial charge in [0.15, 0.2) is 0 Å². The molecule has 8 N–H and O–H groups in total. The molecule has 3 aromatic rings. The zero-order chi connectivity index (χ0) is 40.9. The average Bonchev–Trinajstić information content (AvgIpc) is 3.29. The Bertz CT molecular complexity index is 1840. The van der Waals surface area contributed by atoms with Crippen LogP contribution >= 0.6 is 0 Å². The predicted molar refractivity (Wildman–Crippen MR) is 210 cm³/mol. The van der Waals surface area contributed by atoms with Crippen molar-refractivity contribution in [2.24, 2.45) is 23.5 Å². The van der Waals surface area contributed by atoms with Gasteiger partial charge in [-0.15, -0.1) is 0 Å². The minimum atomic E-state index is -1.23. The Labute approximate surface area is 327 Å². The SMILES string of the molecule is CCC(C)[C@H](NC(=O)C(Cc1ccc(O)cc1)NC(=O)[C@@H](CN)C(C)C)C(=O)NC1Cc2ccccc2CN(CC(=O)NC(Cc2ccccc2)C(=O)O)C1=O. The zero-order valence-corrected chi connectivity index (χ0v) is 32.4. The fourth-order valence-electron chi connectivity index (χ4n) is 6.69. The number of hydrogen-bond donors (Lipinski definition) is 7. The third-order valence-corrected chi connectivity index (χ3v) is 10.3. The van der Waals surface area contributed by atoms with E-state index in [1.54, 1.807) is 55.5 Å².